The highest BCUT2D eigenvalue weighted by atomic mass is 79.9. The molecule has 0 bridgehead atoms. The second kappa shape index (κ2) is 4.90. The molecule has 1 heterocycles. The molecule has 0 saturated heterocycles. The van der Waals surface area contributed by atoms with Crippen molar-refractivity contribution in [2.24, 2.45) is 0 Å². The number of aromatic nitrogens is 1. The van der Waals surface area contributed by atoms with E-state index in [9.17, 15) is 14.9 Å². The molecule has 14 heavy (non-hydrogen) atoms. The Balaban J connectivity index is 3.02. The van der Waals surface area contributed by atoms with E-state index >= 15 is 0 Å². The molecule has 1 aromatic rings. The number of nitrogens with zero attached hydrogens (tertiary/aromatic N) is 2. The molecule has 5 nitrogen and oxygen atoms in total. The fourth-order valence-electron chi connectivity index (χ4n) is 1.07. The van der Waals surface area contributed by atoms with Crippen molar-refractivity contribution >= 4 is 21.6 Å². The van der Waals surface area contributed by atoms with Gasteiger partial charge in [-0.3, -0.25) is 14.9 Å². The van der Waals surface area contributed by atoms with E-state index in [-0.39, 0.29) is 5.69 Å². The minimum atomic E-state index is -0.660. The molecule has 0 atom stereocenters. The Hall–Kier alpha value is -1.17. The summed E-state index contributed by atoms with van der Waals surface area (Å²) < 4.78 is 1.35. The second-order valence-corrected chi connectivity index (χ2v) is 3.48. The maximum Gasteiger partial charge on any atom is 0.334 e. The number of nitro groups is 1. The van der Waals surface area contributed by atoms with Crippen LogP contribution in [0.25, 0.3) is 0 Å². The van der Waals surface area contributed by atoms with Crippen LogP contribution >= 0.6 is 15.9 Å². The van der Waals surface area contributed by atoms with E-state index in [2.05, 4.69) is 15.9 Å². The summed E-state index contributed by atoms with van der Waals surface area (Å²) in [5, 5.41) is 11.2. The summed E-state index contributed by atoms with van der Waals surface area (Å²) in [6.45, 7) is 0.492. The molecule has 0 unspecified atom stereocenters. The van der Waals surface area contributed by atoms with E-state index in [0.717, 1.165) is 11.8 Å². The van der Waals surface area contributed by atoms with Gasteiger partial charge in [-0.1, -0.05) is 15.9 Å². The summed E-state index contributed by atoms with van der Waals surface area (Å²) >= 11 is 3.23. The lowest BCUT2D eigenvalue weighted by atomic mass is 10.4. The zero-order valence-corrected chi connectivity index (χ0v) is 8.94. The Morgan fingerprint density at radius 3 is 2.86 bits per heavy atom. The Labute approximate surface area is 88.6 Å². The van der Waals surface area contributed by atoms with Crippen LogP contribution in [0.2, 0.25) is 0 Å². The zero-order valence-electron chi connectivity index (χ0n) is 7.35. The number of halogens is 1. The van der Waals surface area contributed by atoms with Gasteiger partial charge < -0.3 is 4.57 Å². The number of pyridine rings is 1. The molecule has 0 fully saturated rings. The quantitative estimate of drug-likeness (QED) is 0.469. The lowest BCUT2D eigenvalue weighted by molar-refractivity contribution is -0.386. The summed E-state index contributed by atoms with van der Waals surface area (Å²) in [6, 6.07) is 2.72. The fourth-order valence-corrected chi connectivity index (χ4v) is 1.32. The number of aryl methyl sites for hydroxylation is 1. The monoisotopic (exact) mass is 260 g/mol. The number of hydrogen-bond acceptors (Lipinski definition) is 3. The number of alkyl halides is 1. The predicted molar refractivity (Wildman–Crippen MR) is 55.8 cm³/mol. The summed E-state index contributed by atoms with van der Waals surface area (Å²) in [5.74, 6) is 0. The van der Waals surface area contributed by atoms with Crippen LogP contribution in [0.3, 0.4) is 0 Å². The first-order valence-electron chi connectivity index (χ1n) is 4.06. The van der Waals surface area contributed by atoms with Crippen LogP contribution < -0.4 is 5.56 Å². The molecule has 0 aliphatic carbocycles. The van der Waals surface area contributed by atoms with Crippen LogP contribution in [0, 0.1) is 10.1 Å². The third-order valence-corrected chi connectivity index (χ3v) is 2.29. The number of rotatable bonds is 4. The van der Waals surface area contributed by atoms with Crippen molar-refractivity contribution in [2.75, 3.05) is 5.33 Å². The van der Waals surface area contributed by atoms with Gasteiger partial charge in [-0.15, -0.1) is 0 Å². The molecule has 0 aromatic carbocycles. The Bertz CT molecular complexity index is 388. The summed E-state index contributed by atoms with van der Waals surface area (Å²) in [7, 11) is 0. The highest BCUT2D eigenvalue weighted by molar-refractivity contribution is 9.09. The minimum absolute atomic E-state index is 0.373. The first-order chi connectivity index (χ1) is 6.66. The zero-order chi connectivity index (χ0) is 10.6. The Kier molecular flexibility index (Phi) is 3.82. The second-order valence-electron chi connectivity index (χ2n) is 2.69. The molecule has 6 heteroatoms. The van der Waals surface area contributed by atoms with Gasteiger partial charge in [0.05, 0.1) is 4.92 Å². The third kappa shape index (κ3) is 2.41. The van der Waals surface area contributed by atoms with Crippen LogP contribution in [0.5, 0.6) is 0 Å². The van der Waals surface area contributed by atoms with E-state index in [4.69, 9.17) is 0 Å². The fraction of sp³-hybridized carbons (Fsp3) is 0.375. The molecule has 1 rings (SSSR count). The van der Waals surface area contributed by atoms with Gasteiger partial charge in [0, 0.05) is 24.1 Å². The van der Waals surface area contributed by atoms with E-state index < -0.39 is 10.5 Å². The van der Waals surface area contributed by atoms with Crippen molar-refractivity contribution < 1.29 is 4.92 Å². The van der Waals surface area contributed by atoms with Crippen molar-refractivity contribution in [2.45, 2.75) is 13.0 Å². The van der Waals surface area contributed by atoms with Gasteiger partial charge in [-0.2, -0.15) is 0 Å². The summed E-state index contributed by atoms with van der Waals surface area (Å²) in [4.78, 5) is 21.2. The first kappa shape index (κ1) is 10.9. The third-order valence-electron chi connectivity index (χ3n) is 1.73. The largest absolute Gasteiger partial charge is 0.334 e. The lowest BCUT2D eigenvalue weighted by Crippen LogP contribution is -2.21. The van der Waals surface area contributed by atoms with E-state index in [0.29, 0.717) is 6.54 Å². The van der Waals surface area contributed by atoms with Crippen molar-refractivity contribution in [1.29, 1.82) is 0 Å². The van der Waals surface area contributed by atoms with Gasteiger partial charge in [0.2, 0.25) is 0 Å². The van der Waals surface area contributed by atoms with E-state index in [1.54, 1.807) is 6.20 Å². The number of hydrogen-bond donors (Lipinski definition) is 0. The molecular weight excluding hydrogens is 252 g/mol. The van der Waals surface area contributed by atoms with Gasteiger partial charge >= 0.3 is 11.2 Å². The smallest absolute Gasteiger partial charge is 0.310 e. The first-order valence-corrected chi connectivity index (χ1v) is 5.18. The van der Waals surface area contributed by atoms with Crippen LogP contribution in [0.15, 0.2) is 23.1 Å². The van der Waals surface area contributed by atoms with Gasteiger partial charge in [0.15, 0.2) is 0 Å². The average Bonchev–Trinajstić information content (AvgIpc) is 2.16. The van der Waals surface area contributed by atoms with Gasteiger partial charge in [0.1, 0.15) is 0 Å². The molecule has 76 valence electrons. The summed E-state index contributed by atoms with van der Waals surface area (Å²) in [5.41, 5.74) is -0.916. The highest BCUT2D eigenvalue weighted by Crippen LogP contribution is 2.02. The molecule has 0 aliphatic heterocycles. The van der Waals surface area contributed by atoms with Crippen LogP contribution in [-0.2, 0) is 6.54 Å². The highest BCUT2D eigenvalue weighted by Gasteiger charge is 2.12. The van der Waals surface area contributed by atoms with Crippen molar-refractivity contribution in [3.05, 3.63) is 38.8 Å². The molecule has 0 radical (unpaired) electrons. The maximum atomic E-state index is 11.4. The van der Waals surface area contributed by atoms with Gasteiger partial charge in [0.25, 0.3) is 0 Å². The lowest BCUT2D eigenvalue weighted by Gasteiger charge is -2.02. The van der Waals surface area contributed by atoms with Crippen LogP contribution in [0.4, 0.5) is 5.69 Å². The summed E-state index contributed by atoms with van der Waals surface area (Å²) in [6.07, 6.45) is 2.32. The Morgan fingerprint density at radius 1 is 1.57 bits per heavy atom. The predicted octanol–water partition coefficient (Wildman–Crippen LogP) is 1.54. The molecule has 0 amide bonds. The normalized spacial score (nSPS) is 10.1. The topological polar surface area (TPSA) is 65.1 Å². The minimum Gasteiger partial charge on any atom is -0.310 e. The van der Waals surface area contributed by atoms with E-state index in [1.165, 1.54) is 16.7 Å². The molecule has 1 aromatic heterocycles. The Morgan fingerprint density at radius 2 is 2.29 bits per heavy atom. The average molecular weight is 261 g/mol. The van der Waals surface area contributed by atoms with Crippen LogP contribution in [-0.4, -0.2) is 14.8 Å². The van der Waals surface area contributed by atoms with Crippen molar-refractivity contribution in [1.82, 2.24) is 4.57 Å². The van der Waals surface area contributed by atoms with Crippen molar-refractivity contribution in [3.63, 3.8) is 0 Å². The molecule has 0 aliphatic rings. The molecule has 0 saturated carbocycles. The van der Waals surface area contributed by atoms with E-state index in [1.807, 2.05) is 0 Å². The maximum absolute atomic E-state index is 11.4. The molecule has 0 N–H and O–H groups in total. The van der Waals surface area contributed by atoms with Crippen LogP contribution in [0.1, 0.15) is 6.42 Å². The SMILES string of the molecule is O=c1c([N+](=O)[O-])cccn1CCCBr. The molecule has 0 spiro atoms. The molecular formula is C8H9BrN2O3. The standard InChI is InChI=1S/C8H9BrN2O3/c9-4-2-6-10-5-1-3-7(8(10)12)11(13)14/h1,3,5H,2,4,6H2. The van der Waals surface area contributed by atoms with Gasteiger partial charge in [-0.25, -0.2) is 0 Å². The van der Waals surface area contributed by atoms with Gasteiger partial charge in [-0.05, 0) is 12.5 Å². The van der Waals surface area contributed by atoms with Crippen molar-refractivity contribution in [3.8, 4) is 0 Å².